The number of nitrogens with zero attached hydrogens (tertiary/aromatic N) is 5. The Labute approximate surface area is 151 Å². The predicted molar refractivity (Wildman–Crippen MR) is 99.8 cm³/mol. The summed E-state index contributed by atoms with van der Waals surface area (Å²) in [4.78, 5) is 13.4. The highest BCUT2D eigenvalue weighted by molar-refractivity contribution is 5.58. The fourth-order valence-electron chi connectivity index (χ4n) is 3.12. The molecule has 26 heavy (non-hydrogen) atoms. The van der Waals surface area contributed by atoms with Crippen LogP contribution in [0, 0.1) is 0 Å². The van der Waals surface area contributed by atoms with Crippen LogP contribution < -0.4 is 5.32 Å². The van der Waals surface area contributed by atoms with Gasteiger partial charge in [0.1, 0.15) is 5.82 Å². The van der Waals surface area contributed by atoms with E-state index in [1.54, 1.807) is 6.20 Å². The van der Waals surface area contributed by atoms with Gasteiger partial charge in [-0.15, -0.1) is 0 Å². The van der Waals surface area contributed by atoms with E-state index in [-0.39, 0.29) is 0 Å². The molecule has 0 saturated heterocycles. The first-order valence-electron chi connectivity index (χ1n) is 8.81. The summed E-state index contributed by atoms with van der Waals surface area (Å²) in [5.41, 5.74) is 5.12. The molecule has 5 rings (SSSR count). The van der Waals surface area contributed by atoms with Gasteiger partial charge in [-0.05, 0) is 49.1 Å². The minimum Gasteiger partial charge on any atom is -0.364 e. The molecule has 1 aliphatic rings. The molecule has 6 nitrogen and oxygen atoms in total. The van der Waals surface area contributed by atoms with Gasteiger partial charge < -0.3 is 5.32 Å². The van der Waals surface area contributed by atoms with Crippen LogP contribution in [0.15, 0.2) is 61.2 Å². The maximum absolute atomic E-state index is 4.55. The van der Waals surface area contributed by atoms with Gasteiger partial charge in [0.05, 0.1) is 24.1 Å². The van der Waals surface area contributed by atoms with Gasteiger partial charge in [0, 0.05) is 29.7 Å². The van der Waals surface area contributed by atoms with Crippen molar-refractivity contribution in [1.82, 2.24) is 24.6 Å². The lowest BCUT2D eigenvalue weighted by atomic mass is 10.2. The zero-order valence-electron chi connectivity index (χ0n) is 14.2. The summed E-state index contributed by atoms with van der Waals surface area (Å²) >= 11 is 0. The molecule has 0 aliphatic heterocycles. The number of hydrogen-bond donors (Lipinski definition) is 1. The highest BCUT2D eigenvalue weighted by Gasteiger charge is 2.27. The summed E-state index contributed by atoms with van der Waals surface area (Å²) in [5.74, 6) is 1.56. The largest absolute Gasteiger partial charge is 0.364 e. The zero-order valence-corrected chi connectivity index (χ0v) is 14.2. The summed E-state index contributed by atoms with van der Waals surface area (Å²) in [5, 5.41) is 7.93. The van der Waals surface area contributed by atoms with E-state index in [0.717, 1.165) is 28.4 Å². The Morgan fingerprint density at radius 3 is 2.69 bits per heavy atom. The van der Waals surface area contributed by atoms with Gasteiger partial charge >= 0.3 is 0 Å². The first-order valence-corrected chi connectivity index (χ1v) is 8.81. The van der Waals surface area contributed by atoms with Crippen LogP contribution in [-0.2, 0) is 6.54 Å². The van der Waals surface area contributed by atoms with Gasteiger partial charge in [0.2, 0.25) is 0 Å². The summed E-state index contributed by atoms with van der Waals surface area (Å²) < 4.78 is 1.88. The molecule has 4 aromatic heterocycles. The molecule has 0 spiro atoms. The van der Waals surface area contributed by atoms with Gasteiger partial charge in [-0.3, -0.25) is 9.97 Å². The zero-order chi connectivity index (χ0) is 17.3. The number of anilines is 1. The average Bonchev–Trinajstić information content (AvgIpc) is 3.46. The van der Waals surface area contributed by atoms with Crippen molar-refractivity contribution in [1.29, 1.82) is 0 Å². The van der Waals surface area contributed by atoms with Gasteiger partial charge in [-0.2, -0.15) is 9.61 Å². The molecule has 1 fully saturated rings. The van der Waals surface area contributed by atoms with Crippen LogP contribution in [0.3, 0.4) is 0 Å². The number of nitrogens with one attached hydrogen (secondary N) is 1. The maximum Gasteiger partial charge on any atom is 0.160 e. The second-order valence-corrected chi connectivity index (χ2v) is 6.55. The molecular weight excluding hydrogens is 324 g/mol. The third-order valence-corrected chi connectivity index (χ3v) is 4.68. The van der Waals surface area contributed by atoms with E-state index in [1.165, 1.54) is 18.4 Å². The topological polar surface area (TPSA) is 68.0 Å². The van der Waals surface area contributed by atoms with E-state index in [2.05, 4.69) is 25.4 Å². The summed E-state index contributed by atoms with van der Waals surface area (Å²) in [6, 6.07) is 11.9. The molecule has 0 amide bonds. The van der Waals surface area contributed by atoms with Crippen LogP contribution in [-0.4, -0.2) is 24.6 Å². The van der Waals surface area contributed by atoms with Crippen LogP contribution >= 0.6 is 0 Å². The van der Waals surface area contributed by atoms with Crippen LogP contribution in [0.2, 0.25) is 0 Å². The molecule has 0 radical (unpaired) electrons. The lowest BCUT2D eigenvalue weighted by molar-refractivity contribution is 0.916. The third kappa shape index (κ3) is 2.79. The van der Waals surface area contributed by atoms with Gasteiger partial charge in [0.25, 0.3) is 0 Å². The molecule has 128 valence electrons. The molecule has 6 heteroatoms. The maximum atomic E-state index is 4.55. The van der Waals surface area contributed by atoms with Crippen molar-refractivity contribution < 1.29 is 0 Å². The number of aromatic nitrogens is 5. The fourth-order valence-corrected chi connectivity index (χ4v) is 3.12. The molecule has 4 heterocycles. The monoisotopic (exact) mass is 342 g/mol. The van der Waals surface area contributed by atoms with Crippen molar-refractivity contribution in [2.45, 2.75) is 25.3 Å². The summed E-state index contributed by atoms with van der Waals surface area (Å²) in [6.45, 7) is 0.625. The minimum absolute atomic E-state index is 0.625. The van der Waals surface area contributed by atoms with Crippen LogP contribution in [0.25, 0.3) is 16.9 Å². The first-order chi connectivity index (χ1) is 12.9. The first kappa shape index (κ1) is 15.0. The number of pyridine rings is 2. The van der Waals surface area contributed by atoms with Gasteiger partial charge in [-0.25, -0.2) is 4.98 Å². The number of fused-ring (bicyclic) bond motifs is 1. The summed E-state index contributed by atoms with van der Waals surface area (Å²) in [7, 11) is 0. The Bertz CT molecular complexity index is 1040. The average molecular weight is 342 g/mol. The highest BCUT2D eigenvalue weighted by atomic mass is 15.3. The van der Waals surface area contributed by atoms with Crippen molar-refractivity contribution in [3.8, 4) is 11.3 Å². The Hall–Kier alpha value is -3.28. The lowest BCUT2D eigenvalue weighted by Crippen LogP contribution is -2.07. The Morgan fingerprint density at radius 2 is 1.92 bits per heavy atom. The van der Waals surface area contributed by atoms with Crippen molar-refractivity contribution in [3.05, 3.63) is 72.4 Å². The molecule has 4 aromatic rings. The van der Waals surface area contributed by atoms with Crippen LogP contribution in [0.4, 0.5) is 5.82 Å². The number of hydrogen-bond acceptors (Lipinski definition) is 5. The predicted octanol–water partition coefficient (Wildman–Crippen LogP) is 3.68. The number of rotatable bonds is 5. The standard InChI is InChI=1S/C20H18N6/c1-2-9-21-18(3-1)15-6-7-16(23-11-15)12-24-19-8-10-22-20-17(14-4-5-14)13-25-26(19)20/h1-3,6-11,13-14,24H,4-5,12H2. The second kappa shape index (κ2) is 6.22. The van der Waals surface area contributed by atoms with Crippen molar-refractivity contribution in [2.75, 3.05) is 5.32 Å². The smallest absolute Gasteiger partial charge is 0.160 e. The molecule has 1 saturated carbocycles. The van der Waals surface area contributed by atoms with E-state index in [1.807, 2.05) is 59.5 Å². The molecule has 0 bridgehead atoms. The second-order valence-electron chi connectivity index (χ2n) is 6.55. The molecular formula is C20H18N6. The SMILES string of the molecule is c1ccc(-c2ccc(CNc3ccnc4c(C5CC5)cnn34)nc2)nc1. The van der Waals surface area contributed by atoms with Gasteiger partial charge in [0.15, 0.2) is 5.65 Å². The normalized spacial score (nSPS) is 13.8. The molecule has 1 N–H and O–H groups in total. The highest BCUT2D eigenvalue weighted by Crippen LogP contribution is 2.41. The van der Waals surface area contributed by atoms with Crippen molar-refractivity contribution >= 4 is 11.5 Å². The van der Waals surface area contributed by atoms with Crippen LogP contribution in [0.5, 0.6) is 0 Å². The van der Waals surface area contributed by atoms with Gasteiger partial charge in [-0.1, -0.05) is 6.07 Å². The Morgan fingerprint density at radius 1 is 0.962 bits per heavy atom. The third-order valence-electron chi connectivity index (χ3n) is 4.68. The van der Waals surface area contributed by atoms with E-state index in [9.17, 15) is 0 Å². The molecule has 0 unspecified atom stereocenters. The van der Waals surface area contributed by atoms with Crippen molar-refractivity contribution in [2.24, 2.45) is 0 Å². The Balaban J connectivity index is 1.34. The van der Waals surface area contributed by atoms with E-state index >= 15 is 0 Å². The summed E-state index contributed by atoms with van der Waals surface area (Å²) in [6.07, 6.45) is 9.93. The van der Waals surface area contributed by atoms with E-state index < -0.39 is 0 Å². The minimum atomic E-state index is 0.625. The quantitative estimate of drug-likeness (QED) is 0.599. The van der Waals surface area contributed by atoms with Crippen LogP contribution in [0.1, 0.15) is 30.0 Å². The van der Waals surface area contributed by atoms with E-state index in [0.29, 0.717) is 12.5 Å². The molecule has 0 atom stereocenters. The molecule has 1 aliphatic carbocycles. The molecule has 0 aromatic carbocycles. The van der Waals surface area contributed by atoms with Crippen molar-refractivity contribution in [3.63, 3.8) is 0 Å². The van der Waals surface area contributed by atoms with E-state index in [4.69, 9.17) is 0 Å². The fraction of sp³-hybridized carbons (Fsp3) is 0.200. The Kier molecular flexibility index (Phi) is 3.59. The lowest BCUT2D eigenvalue weighted by Gasteiger charge is -2.08.